The fourth-order valence-corrected chi connectivity index (χ4v) is 5.09. The van der Waals surface area contributed by atoms with Crippen LogP contribution in [0, 0.1) is 17.7 Å². The lowest BCUT2D eigenvalue weighted by Gasteiger charge is -2.16. The summed E-state index contributed by atoms with van der Waals surface area (Å²) in [6, 6.07) is 6.33. The first-order valence-electron chi connectivity index (χ1n) is 12.4. The highest BCUT2D eigenvalue weighted by molar-refractivity contribution is 6.31. The molecule has 1 fully saturated rings. The van der Waals surface area contributed by atoms with E-state index in [1.54, 1.807) is 33.9 Å². The molecule has 1 aliphatic carbocycles. The zero-order valence-electron chi connectivity index (χ0n) is 21.3. The van der Waals surface area contributed by atoms with Crippen LogP contribution in [0.2, 0.25) is 5.02 Å². The van der Waals surface area contributed by atoms with E-state index < -0.39 is 12.4 Å². The molecule has 0 bridgehead atoms. The van der Waals surface area contributed by atoms with Gasteiger partial charge < -0.3 is 0 Å². The topological polar surface area (TPSA) is 105 Å². The van der Waals surface area contributed by atoms with Crippen LogP contribution < -0.4 is 9.57 Å². The van der Waals surface area contributed by atoms with E-state index in [2.05, 4.69) is 37.6 Å². The average Bonchev–Trinajstić information content (AvgIpc) is 3.47. The van der Waals surface area contributed by atoms with Crippen molar-refractivity contribution < 1.29 is 22.7 Å². The molecule has 0 aliphatic heterocycles. The van der Waals surface area contributed by atoms with Crippen LogP contribution in [0.3, 0.4) is 0 Å². The molecule has 1 saturated carbocycles. The van der Waals surface area contributed by atoms with Crippen molar-refractivity contribution in [2.24, 2.45) is 11.8 Å². The van der Waals surface area contributed by atoms with E-state index in [4.69, 9.17) is 16.4 Å². The SMILES string of the molecule is CO[n+]1cc(-c2c(-n3cnnn3)ccc(Cl)c2F)ccc1[C@@H](C[C@H]1CC1C)n1cc(-c2ncnn2C(F)F)cn1. The van der Waals surface area contributed by atoms with Gasteiger partial charge in [0.1, 0.15) is 25.8 Å². The molecule has 1 unspecified atom stereocenters. The summed E-state index contributed by atoms with van der Waals surface area (Å²) in [7, 11) is 1.50. The van der Waals surface area contributed by atoms with Gasteiger partial charge in [-0.2, -0.15) is 28.3 Å². The van der Waals surface area contributed by atoms with Gasteiger partial charge in [0.2, 0.25) is 6.20 Å². The second kappa shape index (κ2) is 10.3. The lowest BCUT2D eigenvalue weighted by Crippen LogP contribution is -2.46. The van der Waals surface area contributed by atoms with Crippen molar-refractivity contribution in [3.8, 4) is 28.2 Å². The molecule has 40 heavy (non-hydrogen) atoms. The minimum Gasteiger partial charge on any atom is -0.274 e. The van der Waals surface area contributed by atoms with E-state index in [-0.39, 0.29) is 22.5 Å². The third-order valence-electron chi connectivity index (χ3n) is 7.18. The lowest BCUT2D eigenvalue weighted by molar-refractivity contribution is -0.891. The normalized spacial score (nSPS) is 17.4. The summed E-state index contributed by atoms with van der Waals surface area (Å²) < 4.78 is 47.4. The number of rotatable bonds is 9. The van der Waals surface area contributed by atoms with E-state index in [0.29, 0.717) is 33.3 Å². The second-order valence-corrected chi connectivity index (χ2v) is 10.0. The molecule has 0 spiro atoms. The number of aromatic nitrogens is 10. The quantitative estimate of drug-likeness (QED) is 0.247. The van der Waals surface area contributed by atoms with E-state index in [1.807, 2.05) is 6.07 Å². The summed E-state index contributed by atoms with van der Waals surface area (Å²) >= 11 is 6.14. The maximum absolute atomic E-state index is 15.4. The van der Waals surface area contributed by atoms with Crippen molar-refractivity contribution in [3.63, 3.8) is 0 Å². The first-order valence-corrected chi connectivity index (χ1v) is 12.8. The molecule has 4 aromatic heterocycles. The molecule has 206 valence electrons. The van der Waals surface area contributed by atoms with Gasteiger partial charge in [-0.1, -0.05) is 18.5 Å². The van der Waals surface area contributed by atoms with Crippen molar-refractivity contribution in [1.82, 2.24) is 44.8 Å². The van der Waals surface area contributed by atoms with Crippen LogP contribution in [0.1, 0.15) is 38.1 Å². The Kier molecular flexibility index (Phi) is 6.70. The van der Waals surface area contributed by atoms with E-state index in [0.717, 1.165) is 24.9 Å². The number of alkyl halides is 2. The fourth-order valence-electron chi connectivity index (χ4n) is 4.94. The molecule has 6 rings (SSSR count). The number of benzene rings is 1. The maximum Gasteiger partial charge on any atom is 0.335 e. The highest BCUT2D eigenvalue weighted by atomic mass is 35.5. The Balaban J connectivity index is 1.43. The van der Waals surface area contributed by atoms with Crippen LogP contribution in [0.4, 0.5) is 13.2 Å². The van der Waals surface area contributed by atoms with E-state index in [1.165, 1.54) is 30.4 Å². The molecule has 0 amide bonds. The van der Waals surface area contributed by atoms with Crippen LogP contribution in [-0.2, 0) is 0 Å². The van der Waals surface area contributed by atoms with Gasteiger partial charge in [-0.25, -0.2) is 9.37 Å². The smallest absolute Gasteiger partial charge is 0.274 e. The predicted octanol–water partition coefficient (Wildman–Crippen LogP) is 3.95. The van der Waals surface area contributed by atoms with Crippen LogP contribution in [0.5, 0.6) is 0 Å². The third-order valence-corrected chi connectivity index (χ3v) is 7.47. The number of pyridine rings is 1. The first-order chi connectivity index (χ1) is 19.4. The van der Waals surface area contributed by atoms with Gasteiger partial charge in [0.25, 0.3) is 5.69 Å². The Morgan fingerprint density at radius 3 is 2.70 bits per heavy atom. The number of hydrogen-bond donors (Lipinski definition) is 0. The van der Waals surface area contributed by atoms with E-state index >= 15 is 4.39 Å². The summed E-state index contributed by atoms with van der Waals surface area (Å²) in [5.41, 5.74) is 2.18. The van der Waals surface area contributed by atoms with Gasteiger partial charge in [-0.15, -0.1) is 5.10 Å². The minimum atomic E-state index is -2.84. The van der Waals surface area contributed by atoms with Crippen LogP contribution >= 0.6 is 11.6 Å². The van der Waals surface area contributed by atoms with Gasteiger partial charge in [0.15, 0.2) is 11.6 Å². The van der Waals surface area contributed by atoms with Crippen molar-refractivity contribution >= 4 is 11.6 Å². The van der Waals surface area contributed by atoms with Crippen LogP contribution in [0.15, 0.2) is 55.5 Å². The summed E-state index contributed by atoms with van der Waals surface area (Å²) in [6.45, 7) is -0.658. The molecule has 0 saturated heterocycles. The van der Waals surface area contributed by atoms with Crippen LogP contribution in [0.25, 0.3) is 28.2 Å². The lowest BCUT2D eigenvalue weighted by atomic mass is 10.0. The van der Waals surface area contributed by atoms with Gasteiger partial charge in [0.05, 0.1) is 33.6 Å². The highest BCUT2D eigenvalue weighted by Crippen LogP contribution is 2.45. The Labute approximate surface area is 230 Å². The zero-order chi connectivity index (χ0) is 28.0. The number of hydrogen-bond acceptors (Lipinski definition) is 7. The van der Waals surface area contributed by atoms with Gasteiger partial charge >= 0.3 is 6.55 Å². The Morgan fingerprint density at radius 1 is 1.18 bits per heavy atom. The molecular weight excluding hydrogens is 549 g/mol. The Morgan fingerprint density at radius 2 is 2.00 bits per heavy atom. The molecule has 11 nitrogen and oxygen atoms in total. The molecule has 15 heteroatoms. The molecule has 5 aromatic rings. The average molecular weight is 572 g/mol. The molecule has 3 atom stereocenters. The summed E-state index contributed by atoms with van der Waals surface area (Å²) in [6.07, 6.45) is 9.05. The largest absolute Gasteiger partial charge is 0.335 e. The molecular formula is C25H23ClF3N10O+. The summed E-state index contributed by atoms with van der Waals surface area (Å²) in [4.78, 5) is 9.70. The first kappa shape index (κ1) is 25.9. The van der Waals surface area contributed by atoms with Gasteiger partial charge in [-0.3, -0.25) is 9.52 Å². The monoisotopic (exact) mass is 571 g/mol. The maximum atomic E-state index is 15.4. The van der Waals surface area contributed by atoms with Gasteiger partial charge in [-0.05, 0) is 53.3 Å². The molecule has 1 aliphatic rings. The minimum absolute atomic E-state index is 0.0151. The Bertz CT molecular complexity index is 1650. The molecule has 1 aromatic carbocycles. The third kappa shape index (κ3) is 4.68. The second-order valence-electron chi connectivity index (χ2n) is 9.60. The van der Waals surface area contributed by atoms with E-state index in [9.17, 15) is 8.78 Å². The fraction of sp³-hybridized carbons (Fsp3) is 0.320. The van der Waals surface area contributed by atoms with Crippen LogP contribution in [-0.4, -0.2) is 51.9 Å². The van der Waals surface area contributed by atoms with Crippen molar-refractivity contribution in [1.29, 1.82) is 0 Å². The van der Waals surface area contributed by atoms with Crippen molar-refractivity contribution in [2.75, 3.05) is 7.11 Å². The molecule has 0 radical (unpaired) electrons. The van der Waals surface area contributed by atoms with Crippen molar-refractivity contribution in [2.45, 2.75) is 32.4 Å². The zero-order valence-corrected chi connectivity index (χ0v) is 22.1. The standard InChI is InChI=1S/C25H23ClF3N10O/c1-14-7-16(14)8-21(36-10-17(9-32-36)24-30-12-33-39(24)25(28)29)19-5-3-15(11-38(19)40-2)22-20(37-13-31-34-35-37)6-4-18(26)23(22)27/h3-6,9-14,16,21,25H,7-8H2,1-2H3/q+1/t14?,16-,21-/m1/s1. The molecule has 0 N–H and O–H groups in total. The van der Waals surface area contributed by atoms with Gasteiger partial charge in [0, 0.05) is 17.0 Å². The summed E-state index contributed by atoms with van der Waals surface area (Å²) in [5.74, 6) is 0.382. The highest BCUT2D eigenvalue weighted by Gasteiger charge is 2.39. The van der Waals surface area contributed by atoms with Crippen molar-refractivity contribution in [3.05, 3.63) is 72.0 Å². The number of nitrogens with zero attached hydrogens (tertiary/aromatic N) is 10. The summed E-state index contributed by atoms with van der Waals surface area (Å²) in [5, 5.41) is 19.3. The molecule has 4 heterocycles. The predicted molar refractivity (Wildman–Crippen MR) is 135 cm³/mol. The number of tetrazole rings is 1. The Hall–Kier alpha value is -4.33. The number of halogens is 4.